The van der Waals surface area contributed by atoms with Crippen LogP contribution in [0.1, 0.15) is 18.4 Å². The van der Waals surface area contributed by atoms with Gasteiger partial charge < -0.3 is 10.1 Å². The van der Waals surface area contributed by atoms with Gasteiger partial charge in [-0.1, -0.05) is 12.1 Å². The van der Waals surface area contributed by atoms with Crippen LogP contribution in [0.4, 0.5) is 0 Å². The zero-order valence-electron chi connectivity index (χ0n) is 11.1. The predicted molar refractivity (Wildman–Crippen MR) is 76.1 cm³/mol. The number of aromatic nitrogens is 1. The summed E-state index contributed by atoms with van der Waals surface area (Å²) in [5.41, 5.74) is 3.56. The fraction of sp³-hybridized carbons (Fsp3) is 0.312. The maximum absolute atomic E-state index is 5.18. The molecule has 1 N–H and O–H groups in total. The first-order chi connectivity index (χ1) is 9.35. The van der Waals surface area contributed by atoms with Crippen molar-refractivity contribution in [2.24, 2.45) is 0 Å². The summed E-state index contributed by atoms with van der Waals surface area (Å²) in [6.07, 6.45) is 6.46. The van der Waals surface area contributed by atoms with Gasteiger partial charge in [0.2, 0.25) is 0 Å². The highest BCUT2D eigenvalue weighted by Gasteiger charge is 2.19. The highest BCUT2D eigenvalue weighted by atomic mass is 16.5. The summed E-state index contributed by atoms with van der Waals surface area (Å²) in [4.78, 5) is 4.33. The Kier molecular flexibility index (Phi) is 3.47. The quantitative estimate of drug-likeness (QED) is 0.890. The van der Waals surface area contributed by atoms with Gasteiger partial charge in [0.25, 0.3) is 0 Å². The van der Waals surface area contributed by atoms with Crippen molar-refractivity contribution in [1.82, 2.24) is 10.3 Å². The van der Waals surface area contributed by atoms with Crippen LogP contribution >= 0.6 is 0 Å². The number of pyridine rings is 1. The van der Waals surface area contributed by atoms with E-state index in [4.69, 9.17) is 4.74 Å². The molecule has 1 aliphatic rings. The fourth-order valence-corrected chi connectivity index (χ4v) is 2.08. The summed E-state index contributed by atoms with van der Waals surface area (Å²) in [6, 6.07) is 11.0. The van der Waals surface area contributed by atoms with Crippen molar-refractivity contribution in [3.8, 4) is 16.9 Å². The summed E-state index contributed by atoms with van der Waals surface area (Å²) in [6.45, 7) is 0.904. The third kappa shape index (κ3) is 3.12. The molecule has 0 unspecified atom stereocenters. The first kappa shape index (κ1) is 12.2. The standard InChI is InChI=1S/C16H18N2O/c1-19-16-6-2-13(3-7-16)14-8-12(9-17-11-14)10-18-15-4-5-15/h2-3,6-9,11,15,18H,4-5,10H2,1H3. The van der Waals surface area contributed by atoms with Crippen LogP contribution in [0, 0.1) is 0 Å². The summed E-state index contributed by atoms with van der Waals surface area (Å²) in [5, 5.41) is 3.51. The van der Waals surface area contributed by atoms with Crippen molar-refractivity contribution in [3.63, 3.8) is 0 Å². The van der Waals surface area contributed by atoms with E-state index >= 15 is 0 Å². The molecule has 0 aliphatic heterocycles. The Bertz CT molecular complexity index is 547. The maximum Gasteiger partial charge on any atom is 0.118 e. The molecule has 0 spiro atoms. The van der Waals surface area contributed by atoms with Crippen LogP contribution < -0.4 is 10.1 Å². The van der Waals surface area contributed by atoms with Crippen LogP contribution in [0.2, 0.25) is 0 Å². The Morgan fingerprint density at radius 3 is 2.63 bits per heavy atom. The van der Waals surface area contributed by atoms with E-state index in [1.54, 1.807) is 7.11 Å². The van der Waals surface area contributed by atoms with E-state index in [0.29, 0.717) is 0 Å². The van der Waals surface area contributed by atoms with Gasteiger partial charge in [-0.05, 0) is 42.2 Å². The number of hydrogen-bond donors (Lipinski definition) is 1. The van der Waals surface area contributed by atoms with E-state index in [0.717, 1.165) is 23.9 Å². The van der Waals surface area contributed by atoms with Crippen molar-refractivity contribution in [3.05, 3.63) is 48.3 Å². The highest BCUT2D eigenvalue weighted by Crippen LogP contribution is 2.23. The highest BCUT2D eigenvalue weighted by molar-refractivity contribution is 5.63. The molecule has 3 nitrogen and oxygen atoms in total. The third-order valence-electron chi connectivity index (χ3n) is 3.39. The summed E-state index contributed by atoms with van der Waals surface area (Å²) in [7, 11) is 1.68. The molecule has 3 rings (SSSR count). The van der Waals surface area contributed by atoms with Gasteiger partial charge in [-0.15, -0.1) is 0 Å². The maximum atomic E-state index is 5.18. The zero-order chi connectivity index (χ0) is 13.1. The Balaban J connectivity index is 1.76. The monoisotopic (exact) mass is 254 g/mol. The number of nitrogens with zero attached hydrogens (tertiary/aromatic N) is 1. The summed E-state index contributed by atoms with van der Waals surface area (Å²) in [5.74, 6) is 0.878. The van der Waals surface area contributed by atoms with E-state index < -0.39 is 0 Å². The first-order valence-corrected chi connectivity index (χ1v) is 6.67. The number of ether oxygens (including phenoxy) is 1. The molecule has 0 bridgehead atoms. The van der Waals surface area contributed by atoms with Gasteiger partial charge in [0.1, 0.15) is 5.75 Å². The van der Waals surface area contributed by atoms with Crippen molar-refractivity contribution in [2.45, 2.75) is 25.4 Å². The second-order valence-electron chi connectivity index (χ2n) is 4.97. The van der Waals surface area contributed by atoms with Crippen LogP contribution in [0.5, 0.6) is 5.75 Å². The zero-order valence-corrected chi connectivity index (χ0v) is 11.1. The molecule has 0 radical (unpaired) electrons. The fourth-order valence-electron chi connectivity index (χ4n) is 2.08. The lowest BCUT2D eigenvalue weighted by Crippen LogP contribution is -2.15. The van der Waals surface area contributed by atoms with Crippen LogP contribution in [0.25, 0.3) is 11.1 Å². The third-order valence-corrected chi connectivity index (χ3v) is 3.39. The Labute approximate surface area is 113 Å². The Morgan fingerprint density at radius 2 is 1.95 bits per heavy atom. The van der Waals surface area contributed by atoms with E-state index in [1.165, 1.54) is 24.0 Å². The normalized spacial score (nSPS) is 14.4. The van der Waals surface area contributed by atoms with Gasteiger partial charge in [-0.25, -0.2) is 0 Å². The van der Waals surface area contributed by atoms with E-state index in [2.05, 4.69) is 28.5 Å². The molecule has 0 amide bonds. The first-order valence-electron chi connectivity index (χ1n) is 6.67. The lowest BCUT2D eigenvalue weighted by molar-refractivity contribution is 0.415. The molecule has 1 heterocycles. The number of benzene rings is 1. The van der Waals surface area contributed by atoms with Gasteiger partial charge >= 0.3 is 0 Å². The number of nitrogens with one attached hydrogen (secondary N) is 1. The molecule has 3 heteroatoms. The molecule has 0 saturated heterocycles. The summed E-state index contributed by atoms with van der Waals surface area (Å²) < 4.78 is 5.18. The van der Waals surface area contributed by atoms with Crippen molar-refractivity contribution >= 4 is 0 Å². The molecule has 2 aromatic rings. The smallest absolute Gasteiger partial charge is 0.118 e. The molecule has 1 aromatic carbocycles. The van der Waals surface area contributed by atoms with Gasteiger partial charge in [-0.3, -0.25) is 4.98 Å². The molecule has 1 aliphatic carbocycles. The number of methoxy groups -OCH3 is 1. The molecule has 1 fully saturated rings. The lowest BCUT2D eigenvalue weighted by atomic mass is 10.1. The Morgan fingerprint density at radius 1 is 1.16 bits per heavy atom. The second-order valence-corrected chi connectivity index (χ2v) is 4.97. The largest absolute Gasteiger partial charge is 0.497 e. The Hall–Kier alpha value is -1.87. The molecular weight excluding hydrogens is 236 g/mol. The molecule has 1 aromatic heterocycles. The van der Waals surface area contributed by atoms with Crippen LogP contribution in [-0.4, -0.2) is 18.1 Å². The number of hydrogen-bond acceptors (Lipinski definition) is 3. The summed E-state index contributed by atoms with van der Waals surface area (Å²) >= 11 is 0. The minimum atomic E-state index is 0.727. The van der Waals surface area contributed by atoms with Gasteiger partial charge in [0.05, 0.1) is 7.11 Å². The minimum absolute atomic E-state index is 0.727. The van der Waals surface area contributed by atoms with E-state index in [-0.39, 0.29) is 0 Å². The van der Waals surface area contributed by atoms with Crippen LogP contribution in [-0.2, 0) is 6.54 Å². The SMILES string of the molecule is COc1ccc(-c2cncc(CNC3CC3)c2)cc1. The second kappa shape index (κ2) is 5.41. The molecule has 0 atom stereocenters. The van der Waals surface area contributed by atoms with Crippen molar-refractivity contribution in [2.75, 3.05) is 7.11 Å². The topological polar surface area (TPSA) is 34.1 Å². The molecule has 98 valence electrons. The van der Waals surface area contributed by atoms with E-state index in [1.807, 2.05) is 24.5 Å². The average molecular weight is 254 g/mol. The predicted octanol–water partition coefficient (Wildman–Crippen LogP) is 3.01. The van der Waals surface area contributed by atoms with E-state index in [9.17, 15) is 0 Å². The number of rotatable bonds is 5. The minimum Gasteiger partial charge on any atom is -0.497 e. The molecular formula is C16H18N2O. The van der Waals surface area contributed by atoms with Gasteiger partial charge in [0.15, 0.2) is 0 Å². The van der Waals surface area contributed by atoms with Crippen LogP contribution in [0.15, 0.2) is 42.7 Å². The van der Waals surface area contributed by atoms with Crippen molar-refractivity contribution in [1.29, 1.82) is 0 Å². The van der Waals surface area contributed by atoms with Gasteiger partial charge in [-0.2, -0.15) is 0 Å². The average Bonchev–Trinajstić information content (AvgIpc) is 3.30. The van der Waals surface area contributed by atoms with Gasteiger partial charge in [0, 0.05) is 30.5 Å². The lowest BCUT2D eigenvalue weighted by Gasteiger charge is -2.07. The molecule has 19 heavy (non-hydrogen) atoms. The van der Waals surface area contributed by atoms with Crippen molar-refractivity contribution < 1.29 is 4.74 Å². The molecule has 1 saturated carbocycles. The van der Waals surface area contributed by atoms with Crippen LogP contribution in [0.3, 0.4) is 0 Å².